The van der Waals surface area contributed by atoms with Gasteiger partial charge in [0, 0.05) is 0 Å². The topological polar surface area (TPSA) is 20.2 Å². The van der Waals surface area contributed by atoms with E-state index in [0.29, 0.717) is 27.6 Å². The van der Waals surface area contributed by atoms with E-state index in [1.807, 2.05) is 0 Å². The first-order chi connectivity index (χ1) is 14.3. The molecule has 1 N–H and O–H groups in total. The summed E-state index contributed by atoms with van der Waals surface area (Å²) in [5.41, 5.74) is 3.38. The lowest BCUT2D eigenvalue weighted by Gasteiger charge is -2.73. The van der Waals surface area contributed by atoms with E-state index in [-0.39, 0.29) is 11.5 Å². The highest BCUT2D eigenvalue weighted by molar-refractivity contribution is 5.21. The Bertz CT molecular complexity index is 766. The molecule has 0 unspecified atom stereocenters. The van der Waals surface area contributed by atoms with Gasteiger partial charge in [0.15, 0.2) is 0 Å². The van der Waals surface area contributed by atoms with Gasteiger partial charge in [0.05, 0.1) is 6.10 Å². The zero-order chi connectivity index (χ0) is 22.6. The van der Waals surface area contributed by atoms with Gasteiger partial charge in [-0.15, -0.1) is 0 Å². The summed E-state index contributed by atoms with van der Waals surface area (Å²) in [4.78, 5) is 0. The molecule has 5 rings (SSSR count). The molecule has 5 aliphatic carbocycles. The third-order valence-corrected chi connectivity index (χ3v) is 13.5. The van der Waals surface area contributed by atoms with E-state index >= 15 is 0 Å². The number of fused-ring (bicyclic) bond motifs is 7. The van der Waals surface area contributed by atoms with Gasteiger partial charge in [0.1, 0.15) is 0 Å². The van der Waals surface area contributed by atoms with Crippen molar-refractivity contribution in [2.45, 2.75) is 119 Å². The Labute approximate surface area is 192 Å². The fourth-order valence-corrected chi connectivity index (χ4v) is 11.5. The van der Waals surface area contributed by atoms with Crippen molar-refractivity contribution in [1.29, 1.82) is 0 Å². The number of hydrogen-bond acceptors (Lipinski definition) is 1. The van der Waals surface area contributed by atoms with Crippen LogP contribution in [0.5, 0.6) is 0 Å². The van der Waals surface area contributed by atoms with Crippen LogP contribution in [0.2, 0.25) is 0 Å². The van der Waals surface area contributed by atoms with E-state index < -0.39 is 0 Å². The Kier molecular flexibility index (Phi) is 4.82. The molecule has 5 aliphatic rings. The Morgan fingerprint density at radius 2 is 1.45 bits per heavy atom. The first-order valence-corrected chi connectivity index (χ1v) is 13.6. The quantitative estimate of drug-likeness (QED) is 0.421. The van der Waals surface area contributed by atoms with Crippen LogP contribution in [0.15, 0.2) is 12.2 Å². The number of aliphatic hydroxyl groups is 1. The molecule has 10 atom stereocenters. The smallest absolute Gasteiger partial charge is 0.0594 e. The zero-order valence-corrected chi connectivity index (χ0v) is 21.7. The van der Waals surface area contributed by atoms with Gasteiger partial charge in [-0.25, -0.2) is 0 Å². The van der Waals surface area contributed by atoms with Crippen molar-refractivity contribution in [2.75, 3.05) is 0 Å². The second kappa shape index (κ2) is 6.64. The van der Waals surface area contributed by atoms with Crippen molar-refractivity contribution in [3.8, 4) is 0 Å². The van der Waals surface area contributed by atoms with Gasteiger partial charge in [-0.3, -0.25) is 0 Å². The third kappa shape index (κ3) is 2.65. The minimum absolute atomic E-state index is 0.0632. The summed E-state index contributed by atoms with van der Waals surface area (Å²) >= 11 is 0. The lowest BCUT2D eigenvalue weighted by Crippen LogP contribution is -2.66. The second-order valence-electron chi connectivity index (χ2n) is 14.7. The van der Waals surface area contributed by atoms with Crippen molar-refractivity contribution in [3.63, 3.8) is 0 Å². The van der Waals surface area contributed by atoms with Crippen LogP contribution in [-0.2, 0) is 0 Å². The number of allylic oxidation sites excluding steroid dienone is 1. The van der Waals surface area contributed by atoms with Crippen LogP contribution in [-0.4, -0.2) is 11.2 Å². The molecule has 31 heavy (non-hydrogen) atoms. The summed E-state index contributed by atoms with van der Waals surface area (Å²) in [7, 11) is 0. The van der Waals surface area contributed by atoms with Gasteiger partial charge >= 0.3 is 0 Å². The monoisotopic (exact) mass is 426 g/mol. The van der Waals surface area contributed by atoms with Crippen molar-refractivity contribution >= 4 is 0 Å². The van der Waals surface area contributed by atoms with E-state index in [1.165, 1.54) is 63.4 Å². The molecule has 0 heterocycles. The summed E-state index contributed by atoms with van der Waals surface area (Å²) in [6.07, 6.45) is 13.4. The highest BCUT2D eigenvalue weighted by Crippen LogP contribution is 2.77. The molecule has 0 amide bonds. The van der Waals surface area contributed by atoms with Crippen molar-refractivity contribution in [1.82, 2.24) is 0 Å². The molecule has 0 aromatic carbocycles. The second-order valence-corrected chi connectivity index (χ2v) is 14.7. The van der Waals surface area contributed by atoms with E-state index in [1.54, 1.807) is 0 Å². The van der Waals surface area contributed by atoms with Crippen molar-refractivity contribution in [2.24, 2.45) is 56.7 Å². The molecule has 0 saturated heterocycles. The zero-order valence-electron chi connectivity index (χ0n) is 21.7. The van der Waals surface area contributed by atoms with Crippen LogP contribution in [0.3, 0.4) is 0 Å². The van der Waals surface area contributed by atoms with E-state index in [0.717, 1.165) is 30.1 Å². The highest BCUT2D eigenvalue weighted by Gasteiger charge is 2.70. The fraction of sp³-hybridized carbons (Fsp3) is 0.933. The summed E-state index contributed by atoms with van der Waals surface area (Å²) < 4.78 is 0. The van der Waals surface area contributed by atoms with Crippen LogP contribution >= 0.6 is 0 Å². The predicted octanol–water partition coefficient (Wildman–Crippen LogP) is 8.02. The summed E-state index contributed by atoms with van der Waals surface area (Å²) in [5.74, 6) is 3.98. The van der Waals surface area contributed by atoms with E-state index in [2.05, 4.69) is 55.0 Å². The van der Waals surface area contributed by atoms with Gasteiger partial charge in [0.2, 0.25) is 0 Å². The Balaban J connectivity index is 1.54. The SMILES string of the molecule is C=C(C)[C@@H]1CC[C@@]2(C)CC[C@]3(C)[C@H](CC[C@@H]4[C@@]5(C)CC[C@H](O)C(C)(C)[C@@H]5CC[C@]43C)[C@H]12. The summed E-state index contributed by atoms with van der Waals surface area (Å²) in [5, 5.41) is 10.9. The maximum Gasteiger partial charge on any atom is 0.0594 e. The van der Waals surface area contributed by atoms with Gasteiger partial charge in [-0.2, -0.15) is 0 Å². The maximum absolute atomic E-state index is 10.9. The van der Waals surface area contributed by atoms with Gasteiger partial charge < -0.3 is 5.11 Å². The van der Waals surface area contributed by atoms with Crippen LogP contribution in [0.4, 0.5) is 0 Å². The number of rotatable bonds is 1. The van der Waals surface area contributed by atoms with Gasteiger partial charge in [-0.1, -0.05) is 53.7 Å². The highest BCUT2D eigenvalue weighted by atomic mass is 16.3. The number of hydrogen-bond donors (Lipinski definition) is 1. The largest absolute Gasteiger partial charge is 0.393 e. The number of aliphatic hydroxyl groups excluding tert-OH is 1. The maximum atomic E-state index is 10.9. The fourth-order valence-electron chi connectivity index (χ4n) is 11.5. The lowest BCUT2D eigenvalue weighted by atomic mass is 9.32. The molecule has 0 aromatic rings. The third-order valence-electron chi connectivity index (χ3n) is 13.5. The van der Waals surface area contributed by atoms with Crippen molar-refractivity contribution in [3.05, 3.63) is 12.2 Å². The molecule has 1 nitrogen and oxygen atoms in total. The molecule has 5 saturated carbocycles. The van der Waals surface area contributed by atoms with Crippen LogP contribution in [0, 0.1) is 56.7 Å². The van der Waals surface area contributed by atoms with Crippen LogP contribution in [0.25, 0.3) is 0 Å². The van der Waals surface area contributed by atoms with E-state index in [4.69, 9.17) is 0 Å². The van der Waals surface area contributed by atoms with Gasteiger partial charge in [0.25, 0.3) is 0 Å². The molecule has 5 fully saturated rings. The molecule has 0 bridgehead atoms. The first kappa shape index (κ1) is 22.5. The Hall–Kier alpha value is -0.300. The molecule has 176 valence electrons. The molecular formula is C30H50O. The minimum Gasteiger partial charge on any atom is -0.393 e. The molecule has 0 aliphatic heterocycles. The van der Waals surface area contributed by atoms with E-state index in [9.17, 15) is 5.11 Å². The predicted molar refractivity (Wildman–Crippen MR) is 131 cm³/mol. The first-order valence-electron chi connectivity index (χ1n) is 13.6. The van der Waals surface area contributed by atoms with Crippen LogP contribution in [0.1, 0.15) is 113 Å². The molecule has 0 aromatic heterocycles. The van der Waals surface area contributed by atoms with Crippen LogP contribution < -0.4 is 0 Å². The molecular weight excluding hydrogens is 376 g/mol. The molecule has 1 heteroatoms. The van der Waals surface area contributed by atoms with Gasteiger partial charge in [-0.05, 0) is 128 Å². The van der Waals surface area contributed by atoms with Crippen molar-refractivity contribution < 1.29 is 5.11 Å². The molecule has 0 spiro atoms. The minimum atomic E-state index is -0.118. The Morgan fingerprint density at radius 1 is 0.742 bits per heavy atom. The summed E-state index contributed by atoms with van der Waals surface area (Å²) in [6, 6.07) is 0. The summed E-state index contributed by atoms with van der Waals surface area (Å²) in [6.45, 7) is 22.3. The average molecular weight is 427 g/mol. The average Bonchev–Trinajstić information content (AvgIpc) is 3.04. The normalized spacial score (nSPS) is 57.9. The lowest BCUT2D eigenvalue weighted by molar-refractivity contribution is -0.246. The molecule has 0 radical (unpaired) electrons. The Morgan fingerprint density at radius 3 is 2.13 bits per heavy atom. The standard InChI is InChI=1S/C30H50O/c1-19(2)20-11-14-27(5)17-18-29(7)21(25(20)27)9-10-23-28(6)15-13-24(31)26(3,4)22(28)12-16-30(23,29)8/h20-25,31H,1,9-18H2,2-8H3/t20-,21+,22-,23+,24-,25-,27-,28-,29+,30+/m0/s1.